The fourth-order valence-electron chi connectivity index (χ4n) is 6.31. The van der Waals surface area contributed by atoms with Crippen molar-refractivity contribution in [3.63, 3.8) is 0 Å². The van der Waals surface area contributed by atoms with Crippen molar-refractivity contribution in [1.82, 2.24) is 0 Å². The lowest BCUT2D eigenvalue weighted by Crippen LogP contribution is -1.90. The molecule has 0 bridgehead atoms. The third kappa shape index (κ3) is 3.53. The van der Waals surface area contributed by atoms with Gasteiger partial charge in [-0.2, -0.15) is 0 Å². The van der Waals surface area contributed by atoms with E-state index in [2.05, 4.69) is 146 Å². The molecule has 0 spiro atoms. The molecule has 8 aromatic carbocycles. The van der Waals surface area contributed by atoms with Crippen LogP contribution >= 0.6 is 0 Å². The zero-order chi connectivity index (χ0) is 25.9. The Morgan fingerprint density at radius 2 is 0.795 bits per heavy atom. The fourth-order valence-corrected chi connectivity index (χ4v) is 6.31. The van der Waals surface area contributed by atoms with Crippen LogP contribution in [-0.2, 0) is 0 Å². The van der Waals surface area contributed by atoms with Crippen molar-refractivity contribution in [1.29, 1.82) is 0 Å². The lowest BCUT2D eigenvalue weighted by atomic mass is 9.87. The topological polar surface area (TPSA) is 0 Å². The number of rotatable bonds is 2. The van der Waals surface area contributed by atoms with Crippen molar-refractivity contribution >= 4 is 53.9 Å². The van der Waals surface area contributed by atoms with Gasteiger partial charge in [-0.1, -0.05) is 121 Å². The van der Waals surface area contributed by atoms with Crippen molar-refractivity contribution in [3.05, 3.63) is 145 Å². The third-order valence-corrected chi connectivity index (χ3v) is 8.25. The summed E-state index contributed by atoms with van der Waals surface area (Å²) in [5.74, 6) is 0. The van der Waals surface area contributed by atoms with Crippen LogP contribution in [0.3, 0.4) is 0 Å². The molecule has 0 heteroatoms. The van der Waals surface area contributed by atoms with E-state index < -0.39 is 0 Å². The Morgan fingerprint density at radius 1 is 0.308 bits per heavy atom. The summed E-state index contributed by atoms with van der Waals surface area (Å²) in [6.07, 6.45) is 0. The van der Waals surface area contributed by atoms with Crippen molar-refractivity contribution in [2.45, 2.75) is 6.92 Å². The van der Waals surface area contributed by atoms with E-state index in [9.17, 15) is 0 Å². The second-order valence-electron chi connectivity index (χ2n) is 10.7. The number of fused-ring (bicyclic) bond motifs is 7. The number of hydrogen-bond acceptors (Lipinski definition) is 0. The largest absolute Gasteiger partial charge is 0.0616 e. The first-order valence-corrected chi connectivity index (χ1v) is 13.6. The normalized spacial score (nSPS) is 11.7. The highest BCUT2D eigenvalue weighted by atomic mass is 14.2. The predicted octanol–water partition coefficient (Wildman–Crippen LogP) is 11.1. The highest BCUT2D eigenvalue weighted by molar-refractivity contribution is 6.24. The summed E-state index contributed by atoms with van der Waals surface area (Å²) in [5, 5.41) is 12.9. The van der Waals surface area contributed by atoms with Crippen LogP contribution < -0.4 is 0 Å². The van der Waals surface area contributed by atoms with Gasteiger partial charge in [0.2, 0.25) is 0 Å². The Kier molecular flexibility index (Phi) is 4.84. The minimum Gasteiger partial charge on any atom is -0.0616 e. The van der Waals surface area contributed by atoms with Crippen LogP contribution in [0.2, 0.25) is 0 Å². The van der Waals surface area contributed by atoms with E-state index in [0.29, 0.717) is 0 Å². The maximum Gasteiger partial charge on any atom is -0.00923 e. The molecule has 0 aliphatic rings. The van der Waals surface area contributed by atoms with Crippen LogP contribution in [0.25, 0.3) is 76.1 Å². The van der Waals surface area contributed by atoms with Gasteiger partial charge in [-0.15, -0.1) is 0 Å². The Labute approximate surface area is 227 Å². The average molecular weight is 495 g/mol. The zero-order valence-electron chi connectivity index (χ0n) is 21.8. The summed E-state index contributed by atoms with van der Waals surface area (Å²) < 4.78 is 0. The van der Waals surface area contributed by atoms with Crippen LogP contribution in [-0.4, -0.2) is 0 Å². The maximum atomic E-state index is 2.42. The number of benzene rings is 8. The van der Waals surface area contributed by atoms with E-state index in [4.69, 9.17) is 0 Å². The fraction of sp³-hybridized carbons (Fsp3) is 0.0256. The molecule has 182 valence electrons. The molecule has 0 radical (unpaired) electrons. The van der Waals surface area contributed by atoms with Crippen LogP contribution in [0, 0.1) is 6.92 Å². The minimum absolute atomic E-state index is 1.26. The smallest absolute Gasteiger partial charge is 0.00923 e. The first-order valence-electron chi connectivity index (χ1n) is 13.6. The standard InChI is InChI=1S/C39H26/c1-25-14-19-34-37(20-25)36(31-18-16-27-9-3-5-11-29(27)22-31)24-38-33-13-7-6-12-32(33)35(23-39(34)38)30-17-15-26-8-2-4-10-28(26)21-30/h2-24H,1H3. The molecule has 0 amide bonds. The van der Waals surface area contributed by atoms with E-state index in [0.717, 1.165) is 0 Å². The first-order chi connectivity index (χ1) is 19.2. The van der Waals surface area contributed by atoms with Crippen LogP contribution in [0.4, 0.5) is 0 Å². The molecular formula is C39H26. The summed E-state index contributed by atoms with van der Waals surface area (Å²) in [5.41, 5.74) is 6.36. The van der Waals surface area contributed by atoms with E-state index >= 15 is 0 Å². The van der Waals surface area contributed by atoms with Crippen LogP contribution in [0.1, 0.15) is 5.56 Å². The van der Waals surface area contributed by atoms with E-state index in [1.54, 1.807) is 0 Å². The van der Waals surface area contributed by atoms with E-state index in [-0.39, 0.29) is 0 Å². The molecule has 0 fully saturated rings. The molecule has 0 aliphatic heterocycles. The maximum absolute atomic E-state index is 2.42. The molecular weight excluding hydrogens is 468 g/mol. The molecule has 0 unspecified atom stereocenters. The van der Waals surface area contributed by atoms with Gasteiger partial charge >= 0.3 is 0 Å². The molecule has 0 nitrogen and oxygen atoms in total. The Bertz CT molecular complexity index is 2230. The monoisotopic (exact) mass is 494 g/mol. The van der Waals surface area contributed by atoms with Gasteiger partial charge in [0.15, 0.2) is 0 Å². The quantitative estimate of drug-likeness (QED) is 0.210. The van der Waals surface area contributed by atoms with E-state index in [1.165, 1.54) is 81.7 Å². The van der Waals surface area contributed by atoms with Crippen molar-refractivity contribution in [3.8, 4) is 22.3 Å². The number of aryl methyl sites for hydroxylation is 1. The molecule has 8 rings (SSSR count). The van der Waals surface area contributed by atoms with Crippen LogP contribution in [0.15, 0.2) is 140 Å². The summed E-state index contributed by atoms with van der Waals surface area (Å²) in [6, 6.07) is 51.6. The second kappa shape index (κ2) is 8.55. The third-order valence-electron chi connectivity index (χ3n) is 8.25. The molecule has 0 saturated heterocycles. The van der Waals surface area contributed by atoms with Gasteiger partial charge in [-0.05, 0) is 107 Å². The molecule has 0 aliphatic carbocycles. The van der Waals surface area contributed by atoms with Gasteiger partial charge in [0, 0.05) is 0 Å². The van der Waals surface area contributed by atoms with Crippen molar-refractivity contribution in [2.75, 3.05) is 0 Å². The highest BCUT2D eigenvalue weighted by Crippen LogP contribution is 2.42. The minimum atomic E-state index is 1.26. The molecule has 8 aromatic rings. The van der Waals surface area contributed by atoms with Gasteiger partial charge in [0.1, 0.15) is 0 Å². The zero-order valence-corrected chi connectivity index (χ0v) is 21.8. The lowest BCUT2D eigenvalue weighted by Gasteiger charge is -2.17. The molecule has 0 saturated carbocycles. The lowest BCUT2D eigenvalue weighted by molar-refractivity contribution is 1.51. The number of hydrogen-bond donors (Lipinski definition) is 0. The molecule has 39 heavy (non-hydrogen) atoms. The molecule has 0 atom stereocenters. The molecule has 0 N–H and O–H groups in total. The van der Waals surface area contributed by atoms with Gasteiger partial charge in [-0.3, -0.25) is 0 Å². The summed E-state index contributed by atoms with van der Waals surface area (Å²) >= 11 is 0. The average Bonchev–Trinajstić information content (AvgIpc) is 2.99. The Hall–Kier alpha value is -4.94. The Balaban J connectivity index is 1.48. The molecule has 0 aromatic heterocycles. The van der Waals surface area contributed by atoms with Crippen LogP contribution in [0.5, 0.6) is 0 Å². The van der Waals surface area contributed by atoms with Gasteiger partial charge in [-0.25, -0.2) is 0 Å². The van der Waals surface area contributed by atoms with Crippen molar-refractivity contribution < 1.29 is 0 Å². The summed E-state index contributed by atoms with van der Waals surface area (Å²) in [6.45, 7) is 2.19. The second-order valence-corrected chi connectivity index (χ2v) is 10.7. The Morgan fingerprint density at radius 3 is 1.41 bits per heavy atom. The molecule has 0 heterocycles. The highest BCUT2D eigenvalue weighted by Gasteiger charge is 2.15. The predicted molar refractivity (Wildman–Crippen MR) is 170 cm³/mol. The van der Waals surface area contributed by atoms with Gasteiger partial charge < -0.3 is 0 Å². The summed E-state index contributed by atoms with van der Waals surface area (Å²) in [7, 11) is 0. The van der Waals surface area contributed by atoms with E-state index in [1.807, 2.05) is 0 Å². The first kappa shape index (κ1) is 22.1. The van der Waals surface area contributed by atoms with Gasteiger partial charge in [0.05, 0.1) is 0 Å². The van der Waals surface area contributed by atoms with Crippen molar-refractivity contribution in [2.24, 2.45) is 0 Å². The SMILES string of the molecule is Cc1ccc2c(c1)c(-c1ccc3ccccc3c1)cc1c3ccccc3c(-c3ccc4ccccc4c3)cc21. The summed E-state index contributed by atoms with van der Waals surface area (Å²) in [4.78, 5) is 0. The van der Waals surface area contributed by atoms with Gasteiger partial charge in [0.25, 0.3) is 0 Å².